The van der Waals surface area contributed by atoms with Gasteiger partial charge in [0.05, 0.1) is 5.92 Å². The first-order chi connectivity index (χ1) is 13.2. The molecule has 2 aliphatic heterocycles. The first-order valence-corrected chi connectivity index (χ1v) is 10.4. The standard InChI is InChI=1S/C17H22F2N4O4S/c18-13-3-4-15(14(19)10-13)28(26,27)23-8-6-21(7-9-23)16(24)12-2-1-5-22(11-12)17(20)25/h3-4,10,12H,1-2,5-9,11H2,(H2,20,25)/t12-/m0/s1. The smallest absolute Gasteiger partial charge is 0.314 e. The fraction of sp³-hybridized carbons (Fsp3) is 0.529. The van der Waals surface area contributed by atoms with Crippen molar-refractivity contribution in [3.05, 3.63) is 29.8 Å². The topological polar surface area (TPSA) is 104 Å². The van der Waals surface area contributed by atoms with Crippen LogP contribution in [-0.4, -0.2) is 73.7 Å². The summed E-state index contributed by atoms with van der Waals surface area (Å²) in [7, 11) is -4.12. The van der Waals surface area contributed by atoms with Crippen LogP contribution >= 0.6 is 0 Å². The highest BCUT2D eigenvalue weighted by Crippen LogP contribution is 2.23. The normalized spacial score (nSPS) is 21.6. The van der Waals surface area contributed by atoms with Crippen LogP contribution in [0.25, 0.3) is 0 Å². The van der Waals surface area contributed by atoms with Gasteiger partial charge in [-0.2, -0.15) is 4.31 Å². The molecule has 3 amide bonds. The summed E-state index contributed by atoms with van der Waals surface area (Å²) in [4.78, 5) is 26.5. The summed E-state index contributed by atoms with van der Waals surface area (Å²) in [6, 6.07) is 1.76. The molecule has 28 heavy (non-hydrogen) atoms. The molecule has 0 aliphatic carbocycles. The van der Waals surface area contributed by atoms with E-state index in [4.69, 9.17) is 5.73 Å². The van der Waals surface area contributed by atoms with Crippen molar-refractivity contribution in [2.75, 3.05) is 39.3 Å². The van der Waals surface area contributed by atoms with Crippen molar-refractivity contribution >= 4 is 22.0 Å². The van der Waals surface area contributed by atoms with Gasteiger partial charge in [0, 0.05) is 45.3 Å². The Morgan fingerprint density at radius 3 is 2.32 bits per heavy atom. The van der Waals surface area contributed by atoms with Crippen LogP contribution in [0.4, 0.5) is 13.6 Å². The molecule has 0 saturated carbocycles. The number of likely N-dealkylation sites (tertiary alicyclic amines) is 1. The van der Waals surface area contributed by atoms with Crippen molar-refractivity contribution < 1.29 is 26.8 Å². The van der Waals surface area contributed by atoms with E-state index in [0.29, 0.717) is 25.5 Å². The molecule has 2 heterocycles. The molecule has 3 rings (SSSR count). The number of halogens is 2. The van der Waals surface area contributed by atoms with Crippen molar-refractivity contribution in [2.45, 2.75) is 17.7 Å². The summed E-state index contributed by atoms with van der Waals surface area (Å²) in [5.74, 6) is -2.51. The summed E-state index contributed by atoms with van der Waals surface area (Å²) >= 11 is 0. The SMILES string of the molecule is NC(=O)N1CCC[C@H](C(=O)N2CCN(S(=O)(=O)c3ccc(F)cc3F)CC2)C1. The van der Waals surface area contributed by atoms with Crippen LogP contribution in [0.3, 0.4) is 0 Å². The van der Waals surface area contributed by atoms with Crippen molar-refractivity contribution in [3.63, 3.8) is 0 Å². The molecule has 11 heteroatoms. The van der Waals surface area contributed by atoms with E-state index in [2.05, 4.69) is 0 Å². The molecule has 2 saturated heterocycles. The zero-order valence-corrected chi connectivity index (χ0v) is 16.0. The van der Waals surface area contributed by atoms with Gasteiger partial charge in [0.15, 0.2) is 0 Å². The first kappa shape index (κ1) is 20.5. The van der Waals surface area contributed by atoms with E-state index in [0.717, 1.165) is 16.4 Å². The van der Waals surface area contributed by atoms with Gasteiger partial charge in [0.2, 0.25) is 15.9 Å². The highest BCUT2D eigenvalue weighted by Gasteiger charge is 2.35. The molecule has 1 aromatic carbocycles. The Morgan fingerprint density at radius 1 is 1.04 bits per heavy atom. The predicted molar refractivity (Wildman–Crippen MR) is 95.6 cm³/mol. The predicted octanol–water partition coefficient (Wildman–Crippen LogP) is 0.588. The molecule has 2 fully saturated rings. The van der Waals surface area contributed by atoms with E-state index in [1.807, 2.05) is 0 Å². The number of urea groups is 1. The molecular formula is C17H22F2N4O4S. The number of nitrogens with two attached hydrogens (primary N) is 1. The molecule has 1 aromatic rings. The fourth-order valence-corrected chi connectivity index (χ4v) is 5.08. The molecule has 154 valence electrons. The lowest BCUT2D eigenvalue weighted by Gasteiger charge is -2.38. The highest BCUT2D eigenvalue weighted by atomic mass is 32.2. The largest absolute Gasteiger partial charge is 0.351 e. The van der Waals surface area contributed by atoms with Crippen LogP contribution in [0.1, 0.15) is 12.8 Å². The quantitative estimate of drug-likeness (QED) is 0.779. The number of nitrogens with zero attached hydrogens (tertiary/aromatic N) is 3. The maximum Gasteiger partial charge on any atom is 0.314 e. The molecular weight excluding hydrogens is 394 g/mol. The molecule has 2 N–H and O–H groups in total. The monoisotopic (exact) mass is 416 g/mol. The van der Waals surface area contributed by atoms with Gasteiger partial charge in [0.25, 0.3) is 0 Å². The van der Waals surface area contributed by atoms with Crippen LogP contribution in [0.2, 0.25) is 0 Å². The average molecular weight is 416 g/mol. The van der Waals surface area contributed by atoms with E-state index < -0.39 is 32.6 Å². The number of sulfonamides is 1. The summed E-state index contributed by atoms with van der Waals surface area (Å²) in [6.07, 6.45) is 1.32. The van der Waals surface area contributed by atoms with Gasteiger partial charge in [-0.1, -0.05) is 0 Å². The Labute approximate surface area is 161 Å². The maximum atomic E-state index is 13.9. The number of amides is 3. The minimum absolute atomic E-state index is 0.0111. The average Bonchev–Trinajstić information content (AvgIpc) is 2.67. The number of rotatable bonds is 3. The van der Waals surface area contributed by atoms with Crippen LogP contribution in [0, 0.1) is 17.6 Å². The van der Waals surface area contributed by atoms with Gasteiger partial charge in [0.1, 0.15) is 16.5 Å². The maximum absolute atomic E-state index is 13.9. The lowest BCUT2D eigenvalue weighted by molar-refractivity contribution is -0.138. The number of piperidine rings is 1. The second-order valence-corrected chi connectivity index (χ2v) is 8.83. The molecule has 1 atom stereocenters. The Hall–Kier alpha value is -2.27. The fourth-order valence-electron chi connectivity index (χ4n) is 3.61. The van der Waals surface area contributed by atoms with E-state index in [1.165, 1.54) is 4.90 Å². The highest BCUT2D eigenvalue weighted by molar-refractivity contribution is 7.89. The minimum Gasteiger partial charge on any atom is -0.351 e. The summed E-state index contributed by atoms with van der Waals surface area (Å²) in [6.45, 7) is 1.12. The van der Waals surface area contributed by atoms with Crippen LogP contribution in [0.15, 0.2) is 23.1 Å². The van der Waals surface area contributed by atoms with Crippen LogP contribution < -0.4 is 5.73 Å². The van der Waals surface area contributed by atoms with Crippen LogP contribution in [-0.2, 0) is 14.8 Å². The number of carbonyl (C=O) groups excluding carboxylic acids is 2. The zero-order chi connectivity index (χ0) is 20.5. The lowest BCUT2D eigenvalue weighted by atomic mass is 9.96. The number of hydrogen-bond acceptors (Lipinski definition) is 4. The Bertz CT molecular complexity index is 872. The third kappa shape index (κ3) is 4.09. The van der Waals surface area contributed by atoms with Gasteiger partial charge in [-0.05, 0) is 25.0 Å². The Kier molecular flexibility index (Phi) is 5.84. The van der Waals surface area contributed by atoms with Gasteiger partial charge >= 0.3 is 6.03 Å². The third-order valence-electron chi connectivity index (χ3n) is 5.14. The third-order valence-corrected chi connectivity index (χ3v) is 7.08. The van der Waals surface area contributed by atoms with Crippen molar-refractivity contribution in [1.29, 1.82) is 0 Å². The molecule has 0 unspecified atom stereocenters. The molecule has 8 nitrogen and oxygen atoms in total. The van der Waals surface area contributed by atoms with Crippen molar-refractivity contribution in [2.24, 2.45) is 11.7 Å². The van der Waals surface area contributed by atoms with Gasteiger partial charge in [-0.15, -0.1) is 0 Å². The number of piperazine rings is 1. The lowest BCUT2D eigenvalue weighted by Crippen LogP contribution is -2.54. The second-order valence-electron chi connectivity index (χ2n) is 6.93. The Morgan fingerprint density at radius 2 is 1.71 bits per heavy atom. The molecule has 0 spiro atoms. The molecule has 0 radical (unpaired) electrons. The number of hydrogen-bond donors (Lipinski definition) is 1. The van der Waals surface area contributed by atoms with Gasteiger partial charge in [-0.3, -0.25) is 4.79 Å². The Balaban J connectivity index is 1.64. The summed E-state index contributed by atoms with van der Waals surface area (Å²) in [5.41, 5.74) is 5.29. The van der Waals surface area contributed by atoms with Crippen LogP contribution in [0.5, 0.6) is 0 Å². The van der Waals surface area contributed by atoms with Gasteiger partial charge in [-0.25, -0.2) is 22.0 Å². The molecule has 0 bridgehead atoms. The summed E-state index contributed by atoms with van der Waals surface area (Å²) in [5, 5.41) is 0. The van der Waals surface area contributed by atoms with E-state index in [9.17, 15) is 26.8 Å². The second kappa shape index (κ2) is 8.00. The summed E-state index contributed by atoms with van der Waals surface area (Å²) < 4.78 is 53.3. The van der Waals surface area contributed by atoms with Crippen molar-refractivity contribution in [3.8, 4) is 0 Å². The van der Waals surface area contributed by atoms with Gasteiger partial charge < -0.3 is 15.5 Å². The minimum atomic E-state index is -4.12. The molecule has 0 aromatic heterocycles. The number of carbonyl (C=O) groups is 2. The van der Waals surface area contributed by atoms with E-state index >= 15 is 0 Å². The molecule has 2 aliphatic rings. The zero-order valence-electron chi connectivity index (χ0n) is 15.2. The number of primary amides is 1. The van der Waals surface area contributed by atoms with E-state index in [-0.39, 0.29) is 44.5 Å². The van der Waals surface area contributed by atoms with Crippen molar-refractivity contribution in [1.82, 2.24) is 14.1 Å². The number of benzene rings is 1. The first-order valence-electron chi connectivity index (χ1n) is 8.98. The van der Waals surface area contributed by atoms with E-state index in [1.54, 1.807) is 4.90 Å².